The van der Waals surface area contributed by atoms with Crippen LogP contribution >= 0.6 is 0 Å². The van der Waals surface area contributed by atoms with Gasteiger partial charge in [0.15, 0.2) is 8.32 Å². The molecule has 1 rings (SSSR count). The predicted octanol–water partition coefficient (Wildman–Crippen LogP) is 2.77. The lowest BCUT2D eigenvalue weighted by molar-refractivity contribution is -0.133. The van der Waals surface area contributed by atoms with Gasteiger partial charge in [-0.15, -0.1) is 0 Å². The van der Waals surface area contributed by atoms with Crippen LogP contribution in [0.1, 0.15) is 33.6 Å². The highest BCUT2D eigenvalue weighted by molar-refractivity contribution is 6.74. The van der Waals surface area contributed by atoms with Gasteiger partial charge in [0.05, 0.1) is 19.8 Å². The molecule has 1 atom stereocenters. The molecule has 19 heavy (non-hydrogen) atoms. The minimum absolute atomic E-state index is 0.0716. The normalized spacial score (nSPS) is 21.5. The molecule has 1 fully saturated rings. The molecule has 6 heteroatoms. The minimum atomic E-state index is -1.88. The summed E-state index contributed by atoms with van der Waals surface area (Å²) in [6, 6.07) is 0. The van der Waals surface area contributed by atoms with Crippen molar-refractivity contribution in [2.75, 3.05) is 13.7 Å². The Hall–Kier alpha value is -0.883. The number of hydrogen-bond donors (Lipinski definition) is 0. The van der Waals surface area contributed by atoms with Gasteiger partial charge < -0.3 is 9.16 Å². The summed E-state index contributed by atoms with van der Waals surface area (Å²) in [6.07, 6.45) is 0.360. The lowest BCUT2D eigenvalue weighted by Crippen LogP contribution is -2.52. The maximum atomic E-state index is 11.7. The van der Waals surface area contributed by atoms with E-state index < -0.39 is 14.4 Å². The van der Waals surface area contributed by atoms with Gasteiger partial charge in [-0.2, -0.15) is 0 Å². The van der Waals surface area contributed by atoms with Gasteiger partial charge in [0, 0.05) is 6.42 Å². The van der Waals surface area contributed by atoms with E-state index in [1.54, 1.807) is 0 Å². The van der Waals surface area contributed by atoms with Gasteiger partial charge in [0.25, 0.3) is 0 Å². The molecule has 0 aliphatic carbocycles. The van der Waals surface area contributed by atoms with Crippen molar-refractivity contribution in [3.05, 3.63) is 0 Å². The van der Waals surface area contributed by atoms with Crippen LogP contribution in [0.5, 0.6) is 0 Å². The van der Waals surface area contributed by atoms with Gasteiger partial charge >= 0.3 is 6.09 Å². The molecule has 0 bridgehead atoms. The molecule has 0 N–H and O–H groups in total. The highest BCUT2D eigenvalue weighted by atomic mass is 28.4. The van der Waals surface area contributed by atoms with E-state index in [2.05, 4.69) is 38.6 Å². The Labute approximate surface area is 116 Å². The molecule has 110 valence electrons. The molecule has 0 aromatic carbocycles. The van der Waals surface area contributed by atoms with Crippen molar-refractivity contribution >= 4 is 20.3 Å². The van der Waals surface area contributed by atoms with Crippen LogP contribution in [-0.4, -0.2) is 45.0 Å². The van der Waals surface area contributed by atoms with Crippen molar-refractivity contribution in [2.45, 2.75) is 57.8 Å². The van der Waals surface area contributed by atoms with Crippen LogP contribution in [0, 0.1) is 0 Å². The predicted molar refractivity (Wildman–Crippen MR) is 75.4 cm³/mol. The van der Waals surface area contributed by atoms with Crippen LogP contribution in [0.15, 0.2) is 0 Å². The van der Waals surface area contributed by atoms with Crippen LogP contribution in [0.3, 0.4) is 0 Å². The van der Waals surface area contributed by atoms with Crippen molar-refractivity contribution < 1.29 is 18.8 Å². The van der Waals surface area contributed by atoms with E-state index in [-0.39, 0.29) is 17.0 Å². The van der Waals surface area contributed by atoms with Crippen LogP contribution in [0.25, 0.3) is 0 Å². The number of nitrogens with zero attached hydrogens (tertiary/aromatic N) is 1. The Bertz CT molecular complexity index is 354. The van der Waals surface area contributed by atoms with Crippen molar-refractivity contribution in [2.24, 2.45) is 0 Å². The zero-order valence-electron chi connectivity index (χ0n) is 12.8. The number of likely N-dealkylation sites (tertiary alicyclic amines) is 1. The fourth-order valence-electron chi connectivity index (χ4n) is 1.79. The van der Waals surface area contributed by atoms with Gasteiger partial charge in [-0.3, -0.25) is 4.79 Å². The molecule has 1 aliphatic heterocycles. The molecule has 0 aromatic rings. The summed E-state index contributed by atoms with van der Waals surface area (Å²) in [5.41, 5.74) is 0. The monoisotopic (exact) mass is 287 g/mol. The summed E-state index contributed by atoms with van der Waals surface area (Å²) in [4.78, 5) is 24.4. The second-order valence-electron chi connectivity index (χ2n) is 6.51. The van der Waals surface area contributed by atoms with E-state index in [0.29, 0.717) is 19.4 Å². The number of piperidine rings is 1. The molecular weight excluding hydrogens is 262 g/mol. The summed E-state index contributed by atoms with van der Waals surface area (Å²) in [5, 5.41) is 0.116. The second kappa shape index (κ2) is 5.62. The Morgan fingerprint density at radius 3 is 2.42 bits per heavy atom. The van der Waals surface area contributed by atoms with Crippen LogP contribution in [0.4, 0.5) is 4.79 Å². The van der Waals surface area contributed by atoms with Crippen LogP contribution in [0.2, 0.25) is 18.1 Å². The number of carbonyl (C=O) groups excluding carboxylic acids is 2. The number of amides is 2. The number of hydrogen-bond acceptors (Lipinski definition) is 4. The summed E-state index contributed by atoms with van der Waals surface area (Å²) >= 11 is 0. The third kappa shape index (κ3) is 3.79. The van der Waals surface area contributed by atoms with E-state index in [0.717, 1.165) is 4.90 Å². The number of rotatable bonds is 2. The maximum Gasteiger partial charge on any atom is 0.416 e. The first-order valence-corrected chi connectivity index (χ1v) is 9.55. The van der Waals surface area contributed by atoms with Crippen LogP contribution in [-0.2, 0) is 14.0 Å². The Morgan fingerprint density at radius 2 is 1.95 bits per heavy atom. The molecule has 5 nitrogen and oxygen atoms in total. The summed E-state index contributed by atoms with van der Waals surface area (Å²) < 4.78 is 10.9. The van der Waals surface area contributed by atoms with Crippen LogP contribution < -0.4 is 0 Å². The largest absolute Gasteiger partial charge is 0.452 e. The minimum Gasteiger partial charge on any atom is -0.452 e. The summed E-state index contributed by atoms with van der Waals surface area (Å²) in [5.74, 6) is -0.179. The number of methoxy groups -OCH3 is 1. The zero-order valence-corrected chi connectivity index (χ0v) is 13.8. The average Bonchev–Trinajstić information content (AvgIpc) is 2.29. The average molecular weight is 287 g/mol. The lowest BCUT2D eigenvalue weighted by atomic mass is 10.1. The van der Waals surface area contributed by atoms with Crippen molar-refractivity contribution in [3.63, 3.8) is 0 Å². The standard InChI is InChI=1S/C13H25NO4Si/c1-13(2,3)19(5,6)18-10-7-8-11(15)14(9-10)12(16)17-4/h10H,7-9H2,1-6H3/t10-/m0/s1. The molecule has 0 radical (unpaired) electrons. The molecule has 2 amide bonds. The SMILES string of the molecule is COC(=O)N1C[C@@H](O[Si](C)(C)C(C)(C)C)CCC1=O. The highest BCUT2D eigenvalue weighted by Crippen LogP contribution is 2.38. The first-order valence-electron chi connectivity index (χ1n) is 6.64. The topological polar surface area (TPSA) is 55.8 Å². The third-order valence-electron chi connectivity index (χ3n) is 4.03. The maximum absolute atomic E-state index is 11.7. The Kier molecular flexibility index (Phi) is 4.79. The van der Waals surface area contributed by atoms with Gasteiger partial charge in [0.2, 0.25) is 5.91 Å². The van der Waals surface area contributed by atoms with Gasteiger partial charge in [-0.1, -0.05) is 20.8 Å². The number of ether oxygens (including phenoxy) is 1. The Balaban J connectivity index is 2.72. The second-order valence-corrected chi connectivity index (χ2v) is 11.3. The third-order valence-corrected chi connectivity index (χ3v) is 8.56. The fraction of sp³-hybridized carbons (Fsp3) is 0.846. The molecule has 0 unspecified atom stereocenters. The van der Waals surface area contributed by atoms with Gasteiger partial charge in [-0.25, -0.2) is 9.69 Å². The smallest absolute Gasteiger partial charge is 0.416 e. The fourth-order valence-corrected chi connectivity index (χ4v) is 3.17. The number of carbonyl (C=O) groups is 2. The summed E-state index contributed by atoms with van der Waals surface area (Å²) in [6.45, 7) is 11.2. The first kappa shape index (κ1) is 16.2. The van der Waals surface area contributed by atoms with Gasteiger partial charge in [0.1, 0.15) is 0 Å². The lowest BCUT2D eigenvalue weighted by Gasteiger charge is -2.41. The first-order chi connectivity index (χ1) is 8.58. The molecular formula is C13H25NO4Si. The molecule has 0 spiro atoms. The van der Waals surface area contributed by atoms with Crippen molar-refractivity contribution in [1.29, 1.82) is 0 Å². The quantitative estimate of drug-likeness (QED) is 0.733. The zero-order chi connectivity index (χ0) is 14.8. The van der Waals surface area contributed by atoms with E-state index in [1.165, 1.54) is 7.11 Å². The van der Waals surface area contributed by atoms with E-state index in [9.17, 15) is 9.59 Å². The molecule has 1 heterocycles. The van der Waals surface area contributed by atoms with Crippen molar-refractivity contribution in [1.82, 2.24) is 4.90 Å². The molecule has 0 aromatic heterocycles. The highest BCUT2D eigenvalue weighted by Gasteiger charge is 2.41. The number of imide groups is 1. The summed E-state index contributed by atoms with van der Waals surface area (Å²) in [7, 11) is -0.593. The van der Waals surface area contributed by atoms with Crippen molar-refractivity contribution in [3.8, 4) is 0 Å². The van der Waals surface area contributed by atoms with E-state index in [4.69, 9.17) is 4.43 Å². The van der Waals surface area contributed by atoms with Gasteiger partial charge in [-0.05, 0) is 24.6 Å². The molecule has 1 saturated heterocycles. The van der Waals surface area contributed by atoms with E-state index in [1.807, 2.05) is 0 Å². The molecule has 0 saturated carbocycles. The Morgan fingerprint density at radius 1 is 1.37 bits per heavy atom. The van der Waals surface area contributed by atoms with E-state index >= 15 is 0 Å². The molecule has 1 aliphatic rings.